The molecule has 1 unspecified atom stereocenters. The number of aromatic nitrogens is 2. The highest BCUT2D eigenvalue weighted by Crippen LogP contribution is 2.56. The molecular formula is C26H38N4O. The predicted molar refractivity (Wildman–Crippen MR) is 122 cm³/mol. The first-order valence-corrected chi connectivity index (χ1v) is 12.9. The van der Waals surface area contributed by atoms with Gasteiger partial charge in [-0.05, 0) is 100 Å². The number of amides is 1. The van der Waals surface area contributed by atoms with Crippen molar-refractivity contribution in [1.29, 1.82) is 0 Å². The van der Waals surface area contributed by atoms with Crippen molar-refractivity contribution in [2.75, 3.05) is 19.6 Å². The Kier molecular flexibility index (Phi) is 5.20. The molecule has 31 heavy (non-hydrogen) atoms. The Morgan fingerprint density at radius 2 is 1.81 bits per heavy atom. The summed E-state index contributed by atoms with van der Waals surface area (Å²) >= 11 is 0. The molecule has 0 radical (unpaired) electrons. The lowest BCUT2D eigenvalue weighted by atomic mass is 9.52. The zero-order valence-electron chi connectivity index (χ0n) is 18.9. The van der Waals surface area contributed by atoms with Gasteiger partial charge < -0.3 is 10.2 Å². The Morgan fingerprint density at radius 3 is 2.48 bits per heavy atom. The average molecular weight is 423 g/mol. The topological polar surface area (TPSA) is 50.2 Å². The number of hydrogen-bond donors (Lipinski definition) is 1. The summed E-state index contributed by atoms with van der Waals surface area (Å²) in [5.74, 6) is 5.09. The molecule has 1 saturated heterocycles. The summed E-state index contributed by atoms with van der Waals surface area (Å²) in [7, 11) is 0. The lowest BCUT2D eigenvalue weighted by Gasteiger charge is -2.54. The molecule has 5 nitrogen and oxygen atoms in total. The second kappa shape index (κ2) is 8.06. The Bertz CT molecular complexity index is 824. The minimum atomic E-state index is 0.151. The van der Waals surface area contributed by atoms with Crippen LogP contribution in [0, 0.1) is 29.6 Å². The maximum absolute atomic E-state index is 13.2. The van der Waals surface area contributed by atoms with Gasteiger partial charge in [0.05, 0.1) is 6.54 Å². The molecule has 5 heteroatoms. The number of carbonyl (C=O) groups excluding carboxylic acids is 1. The minimum Gasteiger partial charge on any atom is -0.337 e. The summed E-state index contributed by atoms with van der Waals surface area (Å²) in [4.78, 5) is 15.2. The second-order valence-electron chi connectivity index (χ2n) is 11.2. The quantitative estimate of drug-likeness (QED) is 0.709. The van der Waals surface area contributed by atoms with E-state index in [-0.39, 0.29) is 5.91 Å². The molecule has 2 heterocycles. The molecule has 5 aliphatic carbocycles. The Hall–Kier alpha value is -1.62. The van der Waals surface area contributed by atoms with Gasteiger partial charge in [0.25, 0.3) is 5.91 Å². The molecule has 0 aromatic carbocycles. The van der Waals surface area contributed by atoms with Crippen LogP contribution in [0.25, 0.3) is 0 Å². The number of likely N-dealkylation sites (tertiary alicyclic amines) is 1. The van der Waals surface area contributed by atoms with Gasteiger partial charge in [-0.25, -0.2) is 0 Å². The van der Waals surface area contributed by atoms with Gasteiger partial charge in [0.15, 0.2) is 5.69 Å². The highest BCUT2D eigenvalue weighted by molar-refractivity contribution is 5.94. The SMILES string of the molecule is C=CCn1nc(C(=O)N2CCCC2)c2c1CCC(NCC1C3CC4CC(C3)CC1C4)C2. The van der Waals surface area contributed by atoms with Crippen LogP contribution >= 0.6 is 0 Å². The van der Waals surface area contributed by atoms with E-state index in [0.29, 0.717) is 12.6 Å². The number of allylic oxidation sites excluding steroid dienone is 1. The first kappa shape index (κ1) is 20.0. The van der Waals surface area contributed by atoms with Crippen LogP contribution in [0.3, 0.4) is 0 Å². The number of carbonyl (C=O) groups is 1. The third kappa shape index (κ3) is 3.57. The summed E-state index contributed by atoms with van der Waals surface area (Å²) in [6.07, 6.45) is 14.8. The van der Waals surface area contributed by atoms with Gasteiger partial charge >= 0.3 is 0 Å². The van der Waals surface area contributed by atoms with Gasteiger partial charge in [0, 0.05) is 30.4 Å². The summed E-state index contributed by atoms with van der Waals surface area (Å²) in [5, 5.41) is 8.78. The summed E-state index contributed by atoms with van der Waals surface area (Å²) in [6, 6.07) is 0.483. The Balaban J connectivity index is 1.16. The van der Waals surface area contributed by atoms with Crippen LogP contribution in [-0.4, -0.2) is 46.3 Å². The molecule has 5 fully saturated rings. The fraction of sp³-hybridized carbons (Fsp3) is 0.769. The molecule has 1 N–H and O–H groups in total. The molecule has 0 spiro atoms. The average Bonchev–Trinajstić information content (AvgIpc) is 3.41. The van der Waals surface area contributed by atoms with E-state index in [1.54, 1.807) is 0 Å². The van der Waals surface area contributed by atoms with Crippen LogP contribution in [0.1, 0.15) is 73.1 Å². The van der Waals surface area contributed by atoms with Crippen molar-refractivity contribution in [3.8, 4) is 0 Å². The maximum Gasteiger partial charge on any atom is 0.274 e. The smallest absolute Gasteiger partial charge is 0.274 e. The molecule has 7 rings (SSSR count). The van der Waals surface area contributed by atoms with Crippen molar-refractivity contribution in [3.05, 3.63) is 29.6 Å². The van der Waals surface area contributed by atoms with Crippen LogP contribution in [0.15, 0.2) is 12.7 Å². The van der Waals surface area contributed by atoms with Gasteiger partial charge in [-0.1, -0.05) is 6.08 Å². The summed E-state index contributed by atoms with van der Waals surface area (Å²) < 4.78 is 2.04. The second-order valence-corrected chi connectivity index (χ2v) is 11.2. The lowest BCUT2D eigenvalue weighted by Crippen LogP contribution is -2.50. The molecule has 1 atom stereocenters. The molecule has 1 aliphatic heterocycles. The number of nitrogens with zero attached hydrogens (tertiary/aromatic N) is 3. The Morgan fingerprint density at radius 1 is 1.10 bits per heavy atom. The van der Waals surface area contributed by atoms with Crippen molar-refractivity contribution in [1.82, 2.24) is 20.0 Å². The van der Waals surface area contributed by atoms with E-state index in [2.05, 4.69) is 11.9 Å². The third-order valence-corrected chi connectivity index (χ3v) is 9.31. The highest BCUT2D eigenvalue weighted by Gasteiger charge is 2.48. The fourth-order valence-corrected chi connectivity index (χ4v) is 8.05. The number of nitrogens with one attached hydrogen (secondary N) is 1. The van der Waals surface area contributed by atoms with E-state index in [0.717, 1.165) is 80.5 Å². The van der Waals surface area contributed by atoms with Crippen molar-refractivity contribution in [2.24, 2.45) is 29.6 Å². The van der Waals surface area contributed by atoms with Crippen LogP contribution in [0.4, 0.5) is 0 Å². The zero-order chi connectivity index (χ0) is 20.9. The van der Waals surface area contributed by atoms with Gasteiger partial charge in [-0.3, -0.25) is 9.48 Å². The maximum atomic E-state index is 13.2. The van der Waals surface area contributed by atoms with Crippen molar-refractivity contribution < 1.29 is 4.79 Å². The Labute approximate surface area is 186 Å². The number of hydrogen-bond acceptors (Lipinski definition) is 3. The zero-order valence-corrected chi connectivity index (χ0v) is 18.9. The normalized spacial score (nSPS) is 36.1. The first-order valence-electron chi connectivity index (χ1n) is 12.9. The van der Waals surface area contributed by atoms with Gasteiger partial charge in [0.1, 0.15) is 0 Å². The number of fused-ring (bicyclic) bond motifs is 1. The largest absolute Gasteiger partial charge is 0.337 e. The molecule has 168 valence electrons. The number of rotatable bonds is 6. The molecule has 1 aromatic heterocycles. The van der Waals surface area contributed by atoms with Crippen LogP contribution in [-0.2, 0) is 19.4 Å². The molecule has 4 bridgehead atoms. The van der Waals surface area contributed by atoms with Crippen molar-refractivity contribution in [2.45, 2.75) is 76.8 Å². The van der Waals surface area contributed by atoms with Gasteiger partial charge in [-0.2, -0.15) is 5.10 Å². The molecule has 6 aliphatic rings. The van der Waals surface area contributed by atoms with Crippen molar-refractivity contribution >= 4 is 5.91 Å². The molecule has 1 aromatic rings. The van der Waals surface area contributed by atoms with Crippen molar-refractivity contribution in [3.63, 3.8) is 0 Å². The fourth-order valence-electron chi connectivity index (χ4n) is 8.05. The van der Waals surface area contributed by atoms with Crippen LogP contribution in [0.2, 0.25) is 0 Å². The predicted octanol–water partition coefficient (Wildman–Crippen LogP) is 3.82. The van der Waals surface area contributed by atoms with E-state index in [4.69, 9.17) is 5.10 Å². The highest BCUT2D eigenvalue weighted by atomic mass is 16.2. The van der Waals surface area contributed by atoms with E-state index >= 15 is 0 Å². The molecular weight excluding hydrogens is 384 g/mol. The van der Waals surface area contributed by atoms with E-state index < -0.39 is 0 Å². The van der Waals surface area contributed by atoms with Gasteiger partial charge in [-0.15, -0.1) is 6.58 Å². The van der Waals surface area contributed by atoms with Gasteiger partial charge in [0.2, 0.25) is 0 Å². The summed E-state index contributed by atoms with van der Waals surface area (Å²) in [5.41, 5.74) is 3.21. The standard InChI is InChI=1S/C26H38N4O/c1-2-7-30-24-6-5-21(15-22(24)25(28-30)26(31)29-8-3-4-9-29)27-16-23-19-11-17-10-18(13-19)14-20(23)12-17/h2,17-21,23,27H,1,3-16H2. The summed E-state index contributed by atoms with van der Waals surface area (Å²) in [6.45, 7) is 7.55. The minimum absolute atomic E-state index is 0.151. The first-order chi connectivity index (χ1) is 15.2. The monoisotopic (exact) mass is 422 g/mol. The van der Waals surface area contributed by atoms with E-state index in [1.165, 1.54) is 49.9 Å². The van der Waals surface area contributed by atoms with E-state index in [9.17, 15) is 4.79 Å². The third-order valence-electron chi connectivity index (χ3n) is 9.31. The van der Waals surface area contributed by atoms with Crippen LogP contribution in [0.5, 0.6) is 0 Å². The molecule has 4 saturated carbocycles. The van der Waals surface area contributed by atoms with E-state index in [1.807, 2.05) is 15.7 Å². The lowest BCUT2D eigenvalue weighted by molar-refractivity contribution is -0.0364. The van der Waals surface area contributed by atoms with Crippen LogP contribution < -0.4 is 5.32 Å². The molecule has 1 amide bonds.